The average Bonchev–Trinajstić information content (AvgIpc) is 2.88. The SMILES string of the molecule is CCNC(=O)[C@H](CC)N(Cc1ccc(F)cc1)C(=O)CN(c1cc(C)cc(C)c1)S(=O)(=O)c1ccccc1. The third-order valence-electron chi connectivity index (χ3n) is 6.11. The van der Waals surface area contributed by atoms with Crippen molar-refractivity contribution in [3.05, 3.63) is 95.3 Å². The number of anilines is 1. The molecule has 0 aliphatic rings. The fourth-order valence-electron chi connectivity index (χ4n) is 4.34. The lowest BCUT2D eigenvalue weighted by atomic mass is 10.1. The summed E-state index contributed by atoms with van der Waals surface area (Å²) in [5.74, 6) is -1.31. The summed E-state index contributed by atoms with van der Waals surface area (Å²) in [4.78, 5) is 28.3. The van der Waals surface area contributed by atoms with Crippen LogP contribution in [0.3, 0.4) is 0 Å². The first-order chi connectivity index (χ1) is 18.1. The highest BCUT2D eigenvalue weighted by Crippen LogP contribution is 2.27. The molecule has 0 heterocycles. The highest BCUT2D eigenvalue weighted by atomic mass is 32.2. The fraction of sp³-hybridized carbons (Fsp3) is 0.310. The molecule has 3 aromatic rings. The normalized spacial score (nSPS) is 12.0. The Hall–Kier alpha value is -3.72. The lowest BCUT2D eigenvalue weighted by Crippen LogP contribution is -2.52. The Morgan fingerprint density at radius 3 is 2.08 bits per heavy atom. The maximum absolute atomic E-state index is 13.9. The van der Waals surface area contributed by atoms with Gasteiger partial charge in [-0.05, 0) is 80.3 Å². The van der Waals surface area contributed by atoms with E-state index in [-0.39, 0.29) is 17.3 Å². The molecule has 0 saturated heterocycles. The third-order valence-corrected chi connectivity index (χ3v) is 7.90. The number of amides is 2. The van der Waals surface area contributed by atoms with E-state index in [0.29, 0.717) is 24.2 Å². The minimum Gasteiger partial charge on any atom is -0.355 e. The Labute approximate surface area is 224 Å². The summed E-state index contributed by atoms with van der Waals surface area (Å²) < 4.78 is 42.3. The van der Waals surface area contributed by atoms with E-state index < -0.39 is 34.3 Å². The van der Waals surface area contributed by atoms with Gasteiger partial charge in [-0.25, -0.2) is 12.8 Å². The highest BCUT2D eigenvalue weighted by Gasteiger charge is 2.33. The summed E-state index contributed by atoms with van der Waals surface area (Å²) in [7, 11) is -4.12. The molecule has 0 unspecified atom stereocenters. The largest absolute Gasteiger partial charge is 0.355 e. The maximum atomic E-state index is 13.9. The molecule has 2 amide bonds. The van der Waals surface area contributed by atoms with Crippen LogP contribution in [0.5, 0.6) is 0 Å². The number of benzene rings is 3. The minimum absolute atomic E-state index is 0.0147. The van der Waals surface area contributed by atoms with Crippen LogP contribution in [0.1, 0.15) is 37.0 Å². The third kappa shape index (κ3) is 6.98. The molecule has 3 aromatic carbocycles. The first kappa shape index (κ1) is 28.8. The number of halogens is 1. The van der Waals surface area contributed by atoms with Crippen LogP contribution >= 0.6 is 0 Å². The fourth-order valence-corrected chi connectivity index (χ4v) is 5.76. The molecular weight excluding hydrogens is 505 g/mol. The van der Waals surface area contributed by atoms with Gasteiger partial charge in [0.05, 0.1) is 10.6 Å². The second-order valence-corrected chi connectivity index (χ2v) is 11.0. The highest BCUT2D eigenvalue weighted by molar-refractivity contribution is 7.92. The van der Waals surface area contributed by atoms with Crippen molar-refractivity contribution in [3.63, 3.8) is 0 Å². The van der Waals surface area contributed by atoms with Crippen LogP contribution in [0.2, 0.25) is 0 Å². The predicted molar refractivity (Wildman–Crippen MR) is 147 cm³/mol. The zero-order chi connectivity index (χ0) is 27.9. The number of nitrogens with one attached hydrogen (secondary N) is 1. The monoisotopic (exact) mass is 539 g/mol. The van der Waals surface area contributed by atoms with Crippen molar-refractivity contribution in [3.8, 4) is 0 Å². The molecule has 38 heavy (non-hydrogen) atoms. The van der Waals surface area contributed by atoms with Gasteiger partial charge < -0.3 is 10.2 Å². The lowest BCUT2D eigenvalue weighted by Gasteiger charge is -2.33. The number of carbonyl (C=O) groups excluding carboxylic acids is 2. The summed E-state index contributed by atoms with van der Waals surface area (Å²) in [6.45, 7) is 7.16. The van der Waals surface area contributed by atoms with Gasteiger partial charge in [-0.3, -0.25) is 13.9 Å². The zero-order valence-corrected chi connectivity index (χ0v) is 23.0. The molecule has 0 radical (unpaired) electrons. The van der Waals surface area contributed by atoms with Crippen molar-refractivity contribution in [1.82, 2.24) is 10.2 Å². The smallest absolute Gasteiger partial charge is 0.264 e. The summed E-state index contributed by atoms with van der Waals surface area (Å²) in [5, 5.41) is 2.76. The Balaban J connectivity index is 2.07. The van der Waals surface area contributed by atoms with Crippen molar-refractivity contribution >= 4 is 27.5 Å². The molecule has 9 heteroatoms. The van der Waals surface area contributed by atoms with Gasteiger partial charge in [-0.2, -0.15) is 0 Å². The molecule has 0 bridgehead atoms. The standard InChI is InChI=1S/C29H34FN3O4S/c1-5-27(29(35)31-6-2)32(19-23-12-14-24(30)15-13-23)28(34)20-33(25-17-21(3)16-22(4)18-25)38(36,37)26-10-8-7-9-11-26/h7-18,27H,5-6,19-20H2,1-4H3,(H,31,35)/t27-/m0/s1. The van der Waals surface area contributed by atoms with E-state index in [2.05, 4.69) is 5.32 Å². The predicted octanol–water partition coefficient (Wildman–Crippen LogP) is 4.58. The number of rotatable bonds is 11. The van der Waals surface area contributed by atoms with Gasteiger partial charge >= 0.3 is 0 Å². The van der Waals surface area contributed by atoms with Crippen molar-refractivity contribution in [2.45, 2.75) is 51.6 Å². The minimum atomic E-state index is -4.12. The molecule has 1 atom stereocenters. The number of likely N-dealkylation sites (N-methyl/N-ethyl adjacent to an activating group) is 1. The molecule has 0 aliphatic heterocycles. The van der Waals surface area contributed by atoms with Crippen LogP contribution < -0.4 is 9.62 Å². The molecule has 0 fully saturated rings. The van der Waals surface area contributed by atoms with Gasteiger partial charge in [0.2, 0.25) is 11.8 Å². The first-order valence-electron chi connectivity index (χ1n) is 12.5. The van der Waals surface area contributed by atoms with Crippen LogP contribution in [0.15, 0.2) is 77.7 Å². The molecule has 3 rings (SSSR count). The molecule has 0 spiro atoms. The van der Waals surface area contributed by atoms with E-state index in [1.54, 1.807) is 56.3 Å². The topological polar surface area (TPSA) is 86.8 Å². The van der Waals surface area contributed by atoms with E-state index in [0.717, 1.165) is 15.4 Å². The van der Waals surface area contributed by atoms with Crippen molar-refractivity contribution in [1.29, 1.82) is 0 Å². The average molecular weight is 540 g/mol. The summed E-state index contributed by atoms with van der Waals surface area (Å²) in [5.41, 5.74) is 2.66. The number of sulfonamides is 1. The zero-order valence-electron chi connectivity index (χ0n) is 22.1. The molecule has 0 aliphatic carbocycles. The number of hydrogen-bond acceptors (Lipinski definition) is 4. The number of nitrogens with zero attached hydrogens (tertiary/aromatic N) is 2. The lowest BCUT2D eigenvalue weighted by molar-refractivity contribution is -0.140. The van der Waals surface area contributed by atoms with Gasteiger partial charge in [0, 0.05) is 13.1 Å². The molecule has 1 N–H and O–H groups in total. The molecule has 0 saturated carbocycles. The van der Waals surface area contributed by atoms with E-state index in [1.165, 1.54) is 29.2 Å². The van der Waals surface area contributed by atoms with E-state index >= 15 is 0 Å². The summed E-state index contributed by atoms with van der Waals surface area (Å²) in [6.07, 6.45) is 0.313. The maximum Gasteiger partial charge on any atom is 0.264 e. The van der Waals surface area contributed by atoms with Crippen LogP contribution in [0.4, 0.5) is 10.1 Å². The molecular formula is C29H34FN3O4S. The van der Waals surface area contributed by atoms with Gasteiger partial charge in [-0.1, -0.05) is 43.3 Å². The number of aryl methyl sites for hydroxylation is 2. The Kier molecular flexibility index (Phi) is 9.63. The van der Waals surface area contributed by atoms with E-state index in [1.807, 2.05) is 19.9 Å². The van der Waals surface area contributed by atoms with Crippen LogP contribution in [-0.2, 0) is 26.2 Å². The second kappa shape index (κ2) is 12.7. The first-order valence-corrected chi connectivity index (χ1v) is 14.0. The van der Waals surface area contributed by atoms with Crippen LogP contribution in [0.25, 0.3) is 0 Å². The molecule has 7 nitrogen and oxygen atoms in total. The second-order valence-electron chi connectivity index (χ2n) is 9.14. The Bertz CT molecular complexity index is 1340. The van der Waals surface area contributed by atoms with Gasteiger partial charge in [0.1, 0.15) is 18.4 Å². The van der Waals surface area contributed by atoms with E-state index in [4.69, 9.17) is 0 Å². The Morgan fingerprint density at radius 2 is 1.53 bits per heavy atom. The van der Waals surface area contributed by atoms with Gasteiger partial charge in [0.15, 0.2) is 0 Å². The number of hydrogen-bond donors (Lipinski definition) is 1. The molecule has 0 aromatic heterocycles. The van der Waals surface area contributed by atoms with Gasteiger partial charge in [-0.15, -0.1) is 0 Å². The number of carbonyl (C=O) groups is 2. The van der Waals surface area contributed by atoms with Gasteiger partial charge in [0.25, 0.3) is 10.0 Å². The van der Waals surface area contributed by atoms with Crippen molar-refractivity contribution in [2.24, 2.45) is 0 Å². The molecule has 202 valence electrons. The Morgan fingerprint density at radius 1 is 0.921 bits per heavy atom. The summed E-state index contributed by atoms with van der Waals surface area (Å²) >= 11 is 0. The van der Waals surface area contributed by atoms with Crippen molar-refractivity contribution in [2.75, 3.05) is 17.4 Å². The quantitative estimate of drug-likeness (QED) is 0.387. The van der Waals surface area contributed by atoms with Crippen LogP contribution in [-0.4, -0.2) is 44.3 Å². The van der Waals surface area contributed by atoms with Crippen LogP contribution in [0, 0.1) is 19.7 Å². The van der Waals surface area contributed by atoms with E-state index in [9.17, 15) is 22.4 Å². The van der Waals surface area contributed by atoms with Crippen molar-refractivity contribution < 1.29 is 22.4 Å². The summed E-state index contributed by atoms with van der Waals surface area (Å²) in [6, 6.07) is 18.1.